The van der Waals surface area contributed by atoms with Crippen LogP contribution in [0.3, 0.4) is 0 Å². The van der Waals surface area contributed by atoms with Crippen molar-refractivity contribution in [2.75, 3.05) is 18.5 Å². The van der Waals surface area contributed by atoms with Gasteiger partial charge >= 0.3 is 5.97 Å². The molecule has 3 rings (SSSR count). The number of carbonyl (C=O) groups excluding carboxylic acids is 2. The highest BCUT2D eigenvalue weighted by Crippen LogP contribution is 2.22. The number of hydrogen-bond donors (Lipinski definition) is 2. The molecule has 2 N–H and O–H groups in total. The number of aromatic nitrogens is 1. The Balaban J connectivity index is 1.54. The van der Waals surface area contributed by atoms with Gasteiger partial charge in [-0.25, -0.2) is 13.4 Å². The molecule has 1 amide bonds. The molecule has 1 aromatic carbocycles. The molecule has 0 aliphatic carbocycles. The third-order valence-corrected chi connectivity index (χ3v) is 5.90. The van der Waals surface area contributed by atoms with Crippen molar-refractivity contribution in [1.82, 2.24) is 9.71 Å². The van der Waals surface area contributed by atoms with Gasteiger partial charge in [0.05, 0.1) is 30.2 Å². The second-order valence-corrected chi connectivity index (χ2v) is 8.26. The number of aliphatic imine (C=N–C) groups is 1. The topological polar surface area (TPSA) is 127 Å². The van der Waals surface area contributed by atoms with Crippen molar-refractivity contribution < 1.29 is 22.7 Å². The van der Waals surface area contributed by atoms with Crippen LogP contribution in [-0.2, 0) is 30.8 Å². The summed E-state index contributed by atoms with van der Waals surface area (Å²) in [5, 5.41) is 4.69. The van der Waals surface area contributed by atoms with Crippen LogP contribution < -0.4 is 10.0 Å². The van der Waals surface area contributed by atoms with Gasteiger partial charge in [-0.3, -0.25) is 19.3 Å². The van der Waals surface area contributed by atoms with Gasteiger partial charge in [-0.05, 0) is 19.1 Å². The number of thiazole rings is 1. The van der Waals surface area contributed by atoms with Crippen molar-refractivity contribution in [3.63, 3.8) is 0 Å². The molecule has 0 saturated carbocycles. The van der Waals surface area contributed by atoms with E-state index in [0.717, 1.165) is 0 Å². The maximum atomic E-state index is 12.0. The number of benzene rings is 1. The third kappa shape index (κ3) is 4.73. The Hall–Kier alpha value is -2.79. The van der Waals surface area contributed by atoms with Gasteiger partial charge < -0.3 is 10.1 Å². The summed E-state index contributed by atoms with van der Waals surface area (Å²) in [6.07, 6.45) is 0.105. The maximum absolute atomic E-state index is 12.0. The maximum Gasteiger partial charge on any atom is 0.311 e. The zero-order valence-corrected chi connectivity index (χ0v) is 16.6. The standard InChI is InChI=1S/C17H18N4O5S2/c1-2-26-15(23)9-11-10-27-17(19-11)20-14(22)7-8-18-16-12-5-3-4-6-13(12)28(24,25)21-16/h3-6,10H,2,7-9H2,1H3,(H,18,21)(H,19,20,22). The number of nitrogens with zero attached hydrogens (tertiary/aromatic N) is 2. The number of esters is 1. The average Bonchev–Trinajstić information content (AvgIpc) is 3.17. The summed E-state index contributed by atoms with van der Waals surface area (Å²) in [6.45, 7) is 2.14. The molecule has 2 heterocycles. The average molecular weight is 422 g/mol. The van der Waals surface area contributed by atoms with Crippen LogP contribution in [0, 0.1) is 0 Å². The predicted octanol–water partition coefficient (Wildman–Crippen LogP) is 1.32. The highest BCUT2D eigenvalue weighted by atomic mass is 32.2. The molecule has 1 aromatic heterocycles. The first-order valence-electron chi connectivity index (χ1n) is 8.45. The number of carbonyl (C=O) groups is 2. The number of rotatable bonds is 7. The van der Waals surface area contributed by atoms with Crippen molar-refractivity contribution in [1.29, 1.82) is 0 Å². The lowest BCUT2D eigenvalue weighted by Gasteiger charge is -2.01. The summed E-state index contributed by atoms with van der Waals surface area (Å²) in [4.78, 5) is 32.0. The van der Waals surface area contributed by atoms with Gasteiger partial charge in [0, 0.05) is 17.4 Å². The normalized spacial score (nSPS) is 15.7. The van der Waals surface area contributed by atoms with Gasteiger partial charge in [0.2, 0.25) is 5.91 Å². The number of amides is 1. The van der Waals surface area contributed by atoms with Gasteiger partial charge in [0.25, 0.3) is 10.0 Å². The molecule has 148 valence electrons. The van der Waals surface area contributed by atoms with E-state index in [-0.39, 0.29) is 42.0 Å². The molecule has 0 bridgehead atoms. The van der Waals surface area contributed by atoms with Gasteiger partial charge in [0.1, 0.15) is 5.84 Å². The summed E-state index contributed by atoms with van der Waals surface area (Å²) >= 11 is 1.21. The Labute approximate surface area is 165 Å². The van der Waals surface area contributed by atoms with Crippen molar-refractivity contribution in [3.05, 3.63) is 40.9 Å². The monoisotopic (exact) mass is 422 g/mol. The zero-order valence-electron chi connectivity index (χ0n) is 15.0. The molecular weight excluding hydrogens is 404 g/mol. The molecule has 0 fully saturated rings. The molecule has 0 unspecified atom stereocenters. The number of fused-ring (bicyclic) bond motifs is 1. The van der Waals surface area contributed by atoms with Crippen molar-refractivity contribution in [3.8, 4) is 0 Å². The van der Waals surface area contributed by atoms with Crippen LogP contribution >= 0.6 is 11.3 Å². The molecular formula is C17H18N4O5S2. The molecule has 11 heteroatoms. The summed E-state index contributed by atoms with van der Waals surface area (Å²) in [6, 6.07) is 6.52. The Kier molecular flexibility index (Phi) is 6.05. The Morgan fingerprint density at radius 2 is 2.11 bits per heavy atom. The van der Waals surface area contributed by atoms with E-state index < -0.39 is 10.0 Å². The van der Waals surface area contributed by atoms with Crippen LogP contribution in [0.1, 0.15) is 24.6 Å². The number of nitrogens with one attached hydrogen (secondary N) is 2. The lowest BCUT2D eigenvalue weighted by atomic mass is 10.2. The van der Waals surface area contributed by atoms with Crippen LogP contribution in [0.4, 0.5) is 5.13 Å². The van der Waals surface area contributed by atoms with Crippen molar-refractivity contribution in [2.45, 2.75) is 24.7 Å². The molecule has 2 aromatic rings. The highest BCUT2D eigenvalue weighted by Gasteiger charge is 2.29. The van der Waals surface area contributed by atoms with Crippen LogP contribution in [0.2, 0.25) is 0 Å². The van der Waals surface area contributed by atoms with Crippen LogP contribution in [-0.4, -0.2) is 44.3 Å². The SMILES string of the molecule is CCOC(=O)Cc1csc(NC(=O)CCN=C2NS(=O)(=O)c3ccccc32)n1. The van der Waals surface area contributed by atoms with E-state index in [0.29, 0.717) is 23.0 Å². The van der Waals surface area contributed by atoms with Gasteiger partial charge in [-0.1, -0.05) is 12.1 Å². The molecule has 1 aliphatic heterocycles. The number of anilines is 1. The zero-order chi connectivity index (χ0) is 20.1. The van der Waals surface area contributed by atoms with E-state index in [4.69, 9.17) is 4.74 Å². The summed E-state index contributed by atoms with van der Waals surface area (Å²) in [5.41, 5.74) is 1.02. The largest absolute Gasteiger partial charge is 0.466 e. The highest BCUT2D eigenvalue weighted by molar-refractivity contribution is 7.90. The first kappa shape index (κ1) is 20.0. The molecule has 9 nitrogen and oxygen atoms in total. The van der Waals surface area contributed by atoms with E-state index in [2.05, 4.69) is 20.0 Å². The molecule has 0 radical (unpaired) electrons. The minimum absolute atomic E-state index is 0.0490. The fourth-order valence-electron chi connectivity index (χ4n) is 2.51. The Morgan fingerprint density at radius 3 is 2.89 bits per heavy atom. The number of amidine groups is 1. The van der Waals surface area contributed by atoms with Crippen LogP contribution in [0.15, 0.2) is 39.5 Å². The first-order valence-corrected chi connectivity index (χ1v) is 10.8. The number of hydrogen-bond acceptors (Lipinski definition) is 8. The number of ether oxygens (including phenoxy) is 1. The van der Waals surface area contributed by atoms with Gasteiger partial charge in [-0.2, -0.15) is 0 Å². The summed E-state index contributed by atoms with van der Waals surface area (Å²) < 4.78 is 31.3. The van der Waals surface area contributed by atoms with Gasteiger partial charge in [0.15, 0.2) is 5.13 Å². The van der Waals surface area contributed by atoms with E-state index in [1.54, 1.807) is 30.5 Å². The number of sulfonamides is 1. The summed E-state index contributed by atoms with van der Waals surface area (Å²) in [7, 11) is -3.59. The van der Waals surface area contributed by atoms with E-state index in [9.17, 15) is 18.0 Å². The van der Waals surface area contributed by atoms with E-state index in [1.807, 2.05) is 0 Å². The lowest BCUT2D eigenvalue weighted by molar-refractivity contribution is -0.142. The van der Waals surface area contributed by atoms with E-state index >= 15 is 0 Å². The molecule has 0 saturated heterocycles. The fraction of sp³-hybridized carbons (Fsp3) is 0.294. The second kappa shape index (κ2) is 8.48. The van der Waals surface area contributed by atoms with Crippen molar-refractivity contribution >= 4 is 44.2 Å². The quantitative estimate of drug-likeness (QED) is 0.648. The smallest absolute Gasteiger partial charge is 0.311 e. The van der Waals surface area contributed by atoms with Gasteiger partial charge in [-0.15, -0.1) is 11.3 Å². The minimum atomic E-state index is -3.59. The van der Waals surface area contributed by atoms with Crippen LogP contribution in [0.25, 0.3) is 0 Å². The first-order chi connectivity index (χ1) is 13.4. The summed E-state index contributed by atoms with van der Waals surface area (Å²) in [5.74, 6) is -0.453. The fourth-order valence-corrected chi connectivity index (χ4v) is 4.49. The lowest BCUT2D eigenvalue weighted by Crippen LogP contribution is -2.23. The third-order valence-electron chi connectivity index (χ3n) is 3.70. The Morgan fingerprint density at radius 1 is 1.32 bits per heavy atom. The molecule has 28 heavy (non-hydrogen) atoms. The second-order valence-electron chi connectivity index (χ2n) is 5.76. The van der Waals surface area contributed by atoms with Crippen LogP contribution in [0.5, 0.6) is 0 Å². The Bertz CT molecular complexity index is 1030. The predicted molar refractivity (Wildman–Crippen MR) is 104 cm³/mol. The minimum Gasteiger partial charge on any atom is -0.466 e. The van der Waals surface area contributed by atoms with E-state index in [1.165, 1.54) is 17.4 Å². The van der Waals surface area contributed by atoms with Crippen molar-refractivity contribution in [2.24, 2.45) is 4.99 Å². The molecule has 0 atom stereocenters. The molecule has 1 aliphatic rings. The molecule has 0 spiro atoms.